The highest BCUT2D eigenvalue weighted by Crippen LogP contribution is 2.72. The second-order valence-electron chi connectivity index (χ2n) is 16.2. The Hall–Kier alpha value is -0.440. The molecule has 0 aromatic rings. The molecule has 3 heterocycles. The van der Waals surface area contributed by atoms with E-state index in [4.69, 9.17) is 18.9 Å². The van der Waals surface area contributed by atoms with Gasteiger partial charge < -0.3 is 54.7 Å². The Kier molecular flexibility index (Phi) is 7.87. The summed E-state index contributed by atoms with van der Waals surface area (Å²) in [7, 11) is 0. The Morgan fingerprint density at radius 3 is 2.27 bits per heavy atom. The first-order valence-corrected chi connectivity index (χ1v) is 17.1. The van der Waals surface area contributed by atoms with Crippen LogP contribution in [0.5, 0.6) is 0 Å². The van der Waals surface area contributed by atoms with Crippen LogP contribution in [0.15, 0.2) is 0 Å². The Bertz CT molecular complexity index is 1080. The number of ether oxygens (including phenoxy) is 4. The molecule has 3 saturated heterocycles. The highest BCUT2D eigenvalue weighted by atomic mass is 16.7. The highest BCUT2D eigenvalue weighted by molar-refractivity contribution is 5.22. The van der Waals surface area contributed by atoms with Crippen LogP contribution < -0.4 is 0 Å². The fourth-order valence-corrected chi connectivity index (χ4v) is 12.0. The minimum Gasteiger partial charge on any atom is -0.394 e. The van der Waals surface area contributed by atoms with Crippen molar-refractivity contribution in [1.82, 2.24) is 0 Å². The lowest BCUT2D eigenvalue weighted by atomic mass is 9.41. The van der Waals surface area contributed by atoms with Gasteiger partial charge in [-0.25, -0.2) is 0 Å². The van der Waals surface area contributed by atoms with E-state index in [0.29, 0.717) is 30.6 Å². The first-order valence-electron chi connectivity index (χ1n) is 17.1. The first-order chi connectivity index (χ1) is 20.7. The molecule has 44 heavy (non-hydrogen) atoms. The molecule has 19 atom stereocenters. The maximum atomic E-state index is 11.8. The van der Waals surface area contributed by atoms with Crippen molar-refractivity contribution < 1.29 is 54.7 Å². The van der Waals surface area contributed by atoms with Crippen molar-refractivity contribution in [2.45, 2.75) is 146 Å². The molecule has 11 heteroatoms. The molecule has 252 valence electrons. The summed E-state index contributed by atoms with van der Waals surface area (Å²) < 4.78 is 25.6. The third kappa shape index (κ3) is 4.14. The van der Waals surface area contributed by atoms with Crippen LogP contribution in [0, 0.1) is 46.3 Å². The van der Waals surface area contributed by atoms with Crippen LogP contribution in [0.2, 0.25) is 0 Å². The number of fused-ring (bicyclic) bond motifs is 7. The van der Waals surface area contributed by atoms with Crippen LogP contribution in [0.4, 0.5) is 0 Å². The molecule has 7 N–H and O–H groups in total. The predicted octanol–water partition coefficient (Wildman–Crippen LogP) is 0.675. The van der Waals surface area contributed by atoms with Gasteiger partial charge in [-0.1, -0.05) is 27.7 Å². The van der Waals surface area contributed by atoms with Gasteiger partial charge in [-0.05, 0) is 73.5 Å². The van der Waals surface area contributed by atoms with E-state index in [0.717, 1.165) is 38.7 Å². The van der Waals surface area contributed by atoms with E-state index < -0.39 is 72.4 Å². The Morgan fingerprint density at radius 2 is 1.59 bits per heavy atom. The Balaban J connectivity index is 1.19. The zero-order valence-electron chi connectivity index (χ0n) is 26.5. The van der Waals surface area contributed by atoms with Gasteiger partial charge in [-0.15, -0.1) is 0 Å². The van der Waals surface area contributed by atoms with Crippen LogP contribution in [0.1, 0.15) is 79.1 Å². The van der Waals surface area contributed by atoms with Gasteiger partial charge in [0.25, 0.3) is 0 Å². The molecule has 3 unspecified atom stereocenters. The lowest BCUT2D eigenvalue weighted by Crippen LogP contribution is -2.76. The van der Waals surface area contributed by atoms with Crippen molar-refractivity contribution in [1.29, 1.82) is 0 Å². The van der Waals surface area contributed by atoms with Crippen molar-refractivity contribution in [3.63, 3.8) is 0 Å². The van der Waals surface area contributed by atoms with E-state index in [9.17, 15) is 35.7 Å². The summed E-state index contributed by atoms with van der Waals surface area (Å²) in [5, 5.41) is 76.0. The molecule has 7 fully saturated rings. The van der Waals surface area contributed by atoms with E-state index in [1.807, 2.05) is 6.92 Å². The molecular formula is C33H54O11. The van der Waals surface area contributed by atoms with E-state index in [1.54, 1.807) is 0 Å². The van der Waals surface area contributed by atoms with E-state index in [2.05, 4.69) is 20.8 Å². The molecular weight excluding hydrogens is 572 g/mol. The molecule has 0 amide bonds. The average molecular weight is 627 g/mol. The maximum Gasteiger partial charge on any atom is 0.187 e. The largest absolute Gasteiger partial charge is 0.394 e. The molecule has 4 aliphatic carbocycles. The Labute approximate surface area is 259 Å². The van der Waals surface area contributed by atoms with Crippen molar-refractivity contribution in [3.05, 3.63) is 0 Å². The van der Waals surface area contributed by atoms with Crippen LogP contribution in [0.3, 0.4) is 0 Å². The Morgan fingerprint density at radius 1 is 0.841 bits per heavy atom. The second kappa shape index (κ2) is 10.8. The molecule has 0 aromatic heterocycles. The third-order valence-electron chi connectivity index (χ3n) is 14.4. The molecule has 11 nitrogen and oxygen atoms in total. The SMILES string of the molecule is CC1C2C(C[C@H]3[C@@H]4CC[C@]5(O[C@@H]6O[C@H](CO)[C@@H](O)[C@H](O)[C@H]6O)[C@@H](O)[C@@H](O)C[C@@H](O)[C@]5(C)[C@H]4CC[C@]23C)O[C@]12CC[C@@H](C)CO2. The summed E-state index contributed by atoms with van der Waals surface area (Å²) in [5.41, 5.74) is -2.47. The van der Waals surface area contributed by atoms with Gasteiger partial charge in [0, 0.05) is 24.2 Å². The summed E-state index contributed by atoms with van der Waals surface area (Å²) >= 11 is 0. The van der Waals surface area contributed by atoms with Gasteiger partial charge in [0.05, 0.1) is 31.5 Å². The standard InChI is InChI=1S/C33H54O11/c1-15-5-10-33(41-14-15)16(2)24-21(43-33)11-19-17-6-9-32(44-29-27(39)26(38)25(37)22(13-34)42-29)28(40)20(35)12-23(36)31(32,4)18(17)7-8-30(19,24)3/h15-29,34-40H,5-14H2,1-4H3/t15-,16?,17-,18+,19+,20+,21?,22-,23-,24?,25-,26+,27-,28+,29+,30+,31+,32+,33-/m1/s1. The lowest BCUT2D eigenvalue weighted by Gasteiger charge is -2.68. The zero-order valence-corrected chi connectivity index (χ0v) is 26.5. The molecule has 7 aliphatic rings. The number of aliphatic hydroxyl groups is 7. The van der Waals surface area contributed by atoms with Crippen molar-refractivity contribution >= 4 is 0 Å². The normalized spacial score (nSPS) is 62.1. The maximum absolute atomic E-state index is 11.8. The van der Waals surface area contributed by atoms with Crippen LogP contribution in [0.25, 0.3) is 0 Å². The molecule has 0 bridgehead atoms. The van der Waals surface area contributed by atoms with Crippen LogP contribution in [-0.4, -0.2) is 115 Å². The van der Waals surface area contributed by atoms with Gasteiger partial charge in [0.1, 0.15) is 36.1 Å². The quantitative estimate of drug-likeness (QED) is 0.219. The van der Waals surface area contributed by atoms with Crippen LogP contribution >= 0.6 is 0 Å². The summed E-state index contributed by atoms with van der Waals surface area (Å²) in [4.78, 5) is 0. The predicted molar refractivity (Wildman–Crippen MR) is 155 cm³/mol. The minimum absolute atomic E-state index is 0.00765. The first kappa shape index (κ1) is 32.1. The topological polar surface area (TPSA) is 179 Å². The van der Waals surface area contributed by atoms with Gasteiger partial charge in [0.15, 0.2) is 12.1 Å². The summed E-state index contributed by atoms with van der Waals surface area (Å²) in [5.74, 6) is 1.21. The van der Waals surface area contributed by atoms with E-state index >= 15 is 0 Å². The fraction of sp³-hybridized carbons (Fsp3) is 1.00. The smallest absolute Gasteiger partial charge is 0.187 e. The summed E-state index contributed by atoms with van der Waals surface area (Å²) in [6.45, 7) is 9.03. The van der Waals surface area contributed by atoms with Gasteiger partial charge in [-0.3, -0.25) is 0 Å². The number of hydrogen-bond donors (Lipinski definition) is 7. The molecule has 0 radical (unpaired) electrons. The number of rotatable bonds is 3. The zero-order chi connectivity index (χ0) is 31.6. The molecule has 0 aromatic carbocycles. The average Bonchev–Trinajstić information content (AvgIpc) is 3.44. The monoisotopic (exact) mass is 626 g/mol. The molecule has 3 aliphatic heterocycles. The van der Waals surface area contributed by atoms with E-state index in [1.165, 1.54) is 0 Å². The molecule has 4 saturated carbocycles. The highest BCUT2D eigenvalue weighted by Gasteiger charge is 2.74. The lowest BCUT2D eigenvalue weighted by molar-refractivity contribution is -0.389. The molecule has 7 rings (SSSR count). The van der Waals surface area contributed by atoms with Crippen molar-refractivity contribution in [3.8, 4) is 0 Å². The summed E-state index contributed by atoms with van der Waals surface area (Å²) in [6, 6.07) is 0. The van der Waals surface area contributed by atoms with Gasteiger partial charge in [-0.2, -0.15) is 0 Å². The van der Waals surface area contributed by atoms with Crippen molar-refractivity contribution in [2.75, 3.05) is 13.2 Å². The third-order valence-corrected chi connectivity index (χ3v) is 14.4. The summed E-state index contributed by atoms with van der Waals surface area (Å²) in [6.07, 6.45) is -5.39. The van der Waals surface area contributed by atoms with Crippen LogP contribution in [-0.2, 0) is 18.9 Å². The van der Waals surface area contributed by atoms with Crippen molar-refractivity contribution in [2.24, 2.45) is 46.3 Å². The minimum atomic E-state index is -1.66. The van der Waals surface area contributed by atoms with E-state index in [-0.39, 0.29) is 35.7 Å². The number of aliphatic hydroxyl groups excluding tert-OH is 7. The van der Waals surface area contributed by atoms with Gasteiger partial charge >= 0.3 is 0 Å². The number of hydrogen-bond acceptors (Lipinski definition) is 11. The second-order valence-corrected chi connectivity index (χ2v) is 16.2. The van der Waals surface area contributed by atoms with Gasteiger partial charge in [0.2, 0.25) is 0 Å². The molecule has 1 spiro atoms. The fourth-order valence-electron chi connectivity index (χ4n) is 12.0.